The molecule has 2 aromatic rings. The molecule has 0 heterocycles. The van der Waals surface area contributed by atoms with Crippen molar-refractivity contribution in [1.29, 1.82) is 0 Å². The SMILES string of the molecule is CCNC(c1cc(F)ccc1OC)c1cccc(Br)c1F. The van der Waals surface area contributed by atoms with Gasteiger partial charge in [0.2, 0.25) is 0 Å². The Morgan fingerprint density at radius 1 is 1.19 bits per heavy atom. The highest BCUT2D eigenvalue weighted by atomic mass is 79.9. The van der Waals surface area contributed by atoms with Crippen molar-refractivity contribution < 1.29 is 13.5 Å². The van der Waals surface area contributed by atoms with E-state index in [9.17, 15) is 8.78 Å². The van der Waals surface area contributed by atoms with Gasteiger partial charge in [-0.3, -0.25) is 0 Å². The molecule has 21 heavy (non-hydrogen) atoms. The van der Waals surface area contributed by atoms with Gasteiger partial charge in [0.15, 0.2) is 0 Å². The van der Waals surface area contributed by atoms with Crippen LogP contribution in [0, 0.1) is 11.6 Å². The fraction of sp³-hybridized carbons (Fsp3) is 0.250. The van der Waals surface area contributed by atoms with Gasteiger partial charge in [0.05, 0.1) is 17.6 Å². The van der Waals surface area contributed by atoms with Crippen LogP contribution < -0.4 is 10.1 Å². The van der Waals surface area contributed by atoms with Crippen LogP contribution >= 0.6 is 15.9 Å². The lowest BCUT2D eigenvalue weighted by Crippen LogP contribution is -2.23. The van der Waals surface area contributed by atoms with E-state index in [0.29, 0.717) is 27.9 Å². The van der Waals surface area contributed by atoms with Crippen LogP contribution in [-0.4, -0.2) is 13.7 Å². The molecule has 1 unspecified atom stereocenters. The maximum absolute atomic E-state index is 14.4. The van der Waals surface area contributed by atoms with Crippen molar-refractivity contribution >= 4 is 15.9 Å². The fourth-order valence-electron chi connectivity index (χ4n) is 2.27. The van der Waals surface area contributed by atoms with Crippen LogP contribution in [-0.2, 0) is 0 Å². The maximum Gasteiger partial charge on any atom is 0.142 e. The maximum atomic E-state index is 14.4. The van der Waals surface area contributed by atoms with E-state index in [-0.39, 0.29) is 11.6 Å². The third-order valence-electron chi connectivity index (χ3n) is 3.20. The normalized spacial score (nSPS) is 12.2. The number of methoxy groups -OCH3 is 1. The molecule has 0 aliphatic rings. The molecule has 2 aromatic carbocycles. The molecule has 0 bridgehead atoms. The summed E-state index contributed by atoms with van der Waals surface area (Å²) in [5.74, 6) is -0.236. The lowest BCUT2D eigenvalue weighted by Gasteiger charge is -2.22. The highest BCUT2D eigenvalue weighted by Gasteiger charge is 2.22. The average Bonchev–Trinajstić information content (AvgIpc) is 2.48. The molecule has 112 valence electrons. The third kappa shape index (κ3) is 3.41. The van der Waals surface area contributed by atoms with E-state index in [1.165, 1.54) is 19.2 Å². The number of hydrogen-bond acceptors (Lipinski definition) is 2. The number of hydrogen-bond donors (Lipinski definition) is 1. The smallest absolute Gasteiger partial charge is 0.142 e. The largest absolute Gasteiger partial charge is 0.496 e. The molecule has 1 atom stereocenters. The molecule has 2 nitrogen and oxygen atoms in total. The topological polar surface area (TPSA) is 21.3 Å². The molecule has 0 radical (unpaired) electrons. The van der Waals surface area contributed by atoms with Gasteiger partial charge in [-0.2, -0.15) is 0 Å². The van der Waals surface area contributed by atoms with Crippen LogP contribution in [0.15, 0.2) is 40.9 Å². The van der Waals surface area contributed by atoms with Crippen molar-refractivity contribution in [1.82, 2.24) is 5.32 Å². The number of benzene rings is 2. The molecule has 2 rings (SSSR count). The van der Waals surface area contributed by atoms with Crippen molar-refractivity contribution in [3.05, 3.63) is 63.6 Å². The van der Waals surface area contributed by atoms with Crippen LogP contribution in [0.3, 0.4) is 0 Å². The summed E-state index contributed by atoms with van der Waals surface area (Å²) in [7, 11) is 1.51. The molecular formula is C16H16BrF2NO. The summed E-state index contributed by atoms with van der Waals surface area (Å²) in [6, 6.07) is 8.80. The van der Waals surface area contributed by atoms with Gasteiger partial charge in [0.25, 0.3) is 0 Å². The minimum absolute atomic E-state index is 0.366. The van der Waals surface area contributed by atoms with E-state index in [0.717, 1.165) is 0 Å². The minimum atomic E-state index is -0.488. The van der Waals surface area contributed by atoms with Crippen molar-refractivity contribution in [2.45, 2.75) is 13.0 Å². The Hall–Kier alpha value is -1.46. The Labute approximate surface area is 131 Å². The van der Waals surface area contributed by atoms with Gasteiger partial charge in [-0.1, -0.05) is 19.1 Å². The summed E-state index contributed by atoms with van der Waals surface area (Å²) < 4.78 is 33.6. The predicted molar refractivity (Wildman–Crippen MR) is 82.6 cm³/mol. The molecule has 0 fully saturated rings. The van der Waals surface area contributed by atoms with Gasteiger partial charge in [0, 0.05) is 11.1 Å². The second-order valence-corrected chi connectivity index (χ2v) is 5.37. The zero-order chi connectivity index (χ0) is 15.4. The minimum Gasteiger partial charge on any atom is -0.496 e. The van der Waals surface area contributed by atoms with E-state index in [1.54, 1.807) is 24.3 Å². The molecule has 5 heteroatoms. The standard InChI is InChI=1S/C16H16BrF2NO/c1-3-20-16(11-5-4-6-13(17)15(11)19)12-9-10(18)7-8-14(12)21-2/h4-9,16,20H,3H2,1-2H3. The van der Waals surface area contributed by atoms with E-state index in [2.05, 4.69) is 21.2 Å². The van der Waals surface area contributed by atoms with Gasteiger partial charge in [-0.25, -0.2) is 8.78 Å². The Bertz CT molecular complexity index is 634. The Morgan fingerprint density at radius 2 is 1.95 bits per heavy atom. The zero-order valence-electron chi connectivity index (χ0n) is 11.8. The third-order valence-corrected chi connectivity index (χ3v) is 3.82. The molecule has 0 amide bonds. The van der Waals surface area contributed by atoms with Crippen LogP contribution in [0.4, 0.5) is 8.78 Å². The van der Waals surface area contributed by atoms with Gasteiger partial charge in [-0.15, -0.1) is 0 Å². The highest BCUT2D eigenvalue weighted by molar-refractivity contribution is 9.10. The lowest BCUT2D eigenvalue weighted by atomic mass is 9.97. The summed E-state index contributed by atoms with van der Waals surface area (Å²) in [5, 5.41) is 3.18. The summed E-state index contributed by atoms with van der Waals surface area (Å²) in [6.45, 7) is 2.52. The summed E-state index contributed by atoms with van der Waals surface area (Å²) in [4.78, 5) is 0. The molecule has 0 saturated heterocycles. The first-order valence-electron chi connectivity index (χ1n) is 6.59. The van der Waals surface area contributed by atoms with E-state index < -0.39 is 6.04 Å². The highest BCUT2D eigenvalue weighted by Crippen LogP contribution is 2.33. The molecule has 0 aliphatic carbocycles. The van der Waals surface area contributed by atoms with Crippen LogP contribution in [0.25, 0.3) is 0 Å². The molecule has 0 saturated carbocycles. The van der Waals surface area contributed by atoms with Crippen LogP contribution in [0.1, 0.15) is 24.1 Å². The van der Waals surface area contributed by atoms with Crippen molar-refractivity contribution in [3.8, 4) is 5.75 Å². The first-order chi connectivity index (χ1) is 10.1. The summed E-state index contributed by atoms with van der Waals surface area (Å²) in [6.07, 6.45) is 0. The molecule has 0 aromatic heterocycles. The average molecular weight is 356 g/mol. The zero-order valence-corrected chi connectivity index (χ0v) is 13.4. The first kappa shape index (κ1) is 15.9. The Balaban J connectivity index is 2.58. The van der Waals surface area contributed by atoms with Crippen molar-refractivity contribution in [3.63, 3.8) is 0 Å². The van der Waals surface area contributed by atoms with Gasteiger partial charge in [-0.05, 0) is 46.7 Å². The second-order valence-electron chi connectivity index (χ2n) is 4.52. The lowest BCUT2D eigenvalue weighted by molar-refractivity contribution is 0.401. The Morgan fingerprint density at radius 3 is 2.62 bits per heavy atom. The number of halogens is 3. The van der Waals surface area contributed by atoms with Crippen LogP contribution in [0.5, 0.6) is 5.75 Å². The van der Waals surface area contributed by atoms with Crippen molar-refractivity contribution in [2.75, 3.05) is 13.7 Å². The Kier molecular flexibility index (Phi) is 5.31. The number of ether oxygens (including phenoxy) is 1. The number of nitrogens with one attached hydrogen (secondary N) is 1. The quantitative estimate of drug-likeness (QED) is 0.856. The van der Waals surface area contributed by atoms with Gasteiger partial charge in [0.1, 0.15) is 17.4 Å². The molecule has 0 spiro atoms. The molecular weight excluding hydrogens is 340 g/mol. The summed E-state index contributed by atoms with van der Waals surface area (Å²) in [5.41, 5.74) is 1.01. The van der Waals surface area contributed by atoms with Gasteiger partial charge < -0.3 is 10.1 Å². The van der Waals surface area contributed by atoms with Crippen LogP contribution in [0.2, 0.25) is 0 Å². The predicted octanol–water partition coefficient (Wildman–Crippen LogP) is 4.43. The second kappa shape index (κ2) is 7.00. The van der Waals surface area contributed by atoms with E-state index >= 15 is 0 Å². The number of rotatable bonds is 5. The molecule has 1 N–H and O–H groups in total. The van der Waals surface area contributed by atoms with E-state index in [1.807, 2.05) is 6.92 Å². The van der Waals surface area contributed by atoms with Gasteiger partial charge >= 0.3 is 0 Å². The first-order valence-corrected chi connectivity index (χ1v) is 7.38. The van der Waals surface area contributed by atoms with E-state index in [4.69, 9.17) is 4.74 Å². The van der Waals surface area contributed by atoms with Crippen molar-refractivity contribution in [2.24, 2.45) is 0 Å². The fourth-order valence-corrected chi connectivity index (χ4v) is 2.65. The molecule has 0 aliphatic heterocycles. The summed E-state index contributed by atoms with van der Waals surface area (Å²) >= 11 is 3.18. The monoisotopic (exact) mass is 355 g/mol.